The Kier molecular flexibility index (Phi) is 5.44. The molecule has 0 spiro atoms. The van der Waals surface area contributed by atoms with Crippen molar-refractivity contribution in [2.24, 2.45) is 4.99 Å². The number of amides is 1. The molecule has 3 aromatic rings. The number of carbonyl (C=O) groups excluding carboxylic acids is 1. The molecule has 2 aromatic heterocycles. The van der Waals surface area contributed by atoms with Crippen LogP contribution in [0.15, 0.2) is 29.4 Å². The van der Waals surface area contributed by atoms with Gasteiger partial charge in [0.15, 0.2) is 10.5 Å². The number of hydrogen-bond acceptors (Lipinski definition) is 4. The van der Waals surface area contributed by atoms with Gasteiger partial charge in [0.1, 0.15) is 0 Å². The van der Waals surface area contributed by atoms with Crippen molar-refractivity contribution >= 4 is 39.2 Å². The summed E-state index contributed by atoms with van der Waals surface area (Å²) in [5, 5.41) is 4.26. The summed E-state index contributed by atoms with van der Waals surface area (Å²) in [6.07, 6.45) is 3.89. The van der Waals surface area contributed by atoms with Gasteiger partial charge < -0.3 is 4.57 Å². The van der Waals surface area contributed by atoms with Crippen molar-refractivity contribution in [1.29, 1.82) is 0 Å². The molecule has 0 saturated heterocycles. The van der Waals surface area contributed by atoms with E-state index in [1.165, 1.54) is 11.1 Å². The molecule has 3 rings (SSSR count). The number of carbonyl (C=O) groups is 1. The Bertz CT molecular complexity index is 981. The number of benzene rings is 1. The highest BCUT2D eigenvalue weighted by molar-refractivity contribution is 7.98. The average molecular weight is 375 g/mol. The summed E-state index contributed by atoms with van der Waals surface area (Å²) in [5.41, 5.74) is 4.05. The topological polar surface area (TPSA) is 52.2 Å². The van der Waals surface area contributed by atoms with Gasteiger partial charge in [-0.15, -0.1) is 0 Å². The summed E-state index contributed by atoms with van der Waals surface area (Å²) in [6, 6.07) is 6.10. The van der Waals surface area contributed by atoms with E-state index in [0.29, 0.717) is 5.69 Å². The Morgan fingerprint density at radius 2 is 2.08 bits per heavy atom. The van der Waals surface area contributed by atoms with E-state index in [4.69, 9.17) is 0 Å². The molecule has 0 aliphatic heterocycles. The first-order valence-corrected chi connectivity index (χ1v) is 10.5. The van der Waals surface area contributed by atoms with Gasteiger partial charge in [-0.2, -0.15) is 21.9 Å². The van der Waals surface area contributed by atoms with Crippen LogP contribution in [-0.4, -0.2) is 32.3 Å². The molecule has 5 nitrogen and oxygen atoms in total. The molecule has 132 valence electrons. The van der Waals surface area contributed by atoms with Crippen molar-refractivity contribution in [1.82, 2.24) is 14.3 Å². The summed E-state index contributed by atoms with van der Waals surface area (Å²) in [4.78, 5) is 17.7. The fourth-order valence-corrected chi connectivity index (χ4v) is 4.10. The highest BCUT2D eigenvalue weighted by Crippen LogP contribution is 2.22. The maximum Gasteiger partial charge on any atom is 0.300 e. The van der Waals surface area contributed by atoms with Crippen LogP contribution in [0.3, 0.4) is 0 Å². The van der Waals surface area contributed by atoms with Crippen molar-refractivity contribution in [3.63, 3.8) is 0 Å². The second-order valence-corrected chi connectivity index (χ2v) is 7.90. The second-order valence-electron chi connectivity index (χ2n) is 5.91. The molecule has 0 atom stereocenters. The third kappa shape index (κ3) is 3.72. The number of thioether (sulfide) groups is 1. The van der Waals surface area contributed by atoms with Gasteiger partial charge in [0.2, 0.25) is 0 Å². The normalized spacial score (nSPS) is 12.2. The Hall–Kier alpha value is -1.86. The molecule has 0 N–H and O–H groups in total. The first-order valence-electron chi connectivity index (χ1n) is 8.25. The predicted molar refractivity (Wildman–Crippen MR) is 105 cm³/mol. The molecule has 0 fully saturated rings. The Balaban J connectivity index is 2.11. The standard InChI is InChI=1S/C18H22N4OS2/c1-5-21-7-6-14(20-21)17(23)19-18-22(8-9-24-4)15-10-12(2)13(3)11-16(15)25-18/h6-7,10-11H,5,8-9H2,1-4H3. The van der Waals surface area contributed by atoms with Crippen LogP contribution in [0, 0.1) is 13.8 Å². The highest BCUT2D eigenvalue weighted by atomic mass is 32.2. The first kappa shape index (κ1) is 17.9. The van der Waals surface area contributed by atoms with Gasteiger partial charge >= 0.3 is 0 Å². The molecule has 0 aliphatic carbocycles. The summed E-state index contributed by atoms with van der Waals surface area (Å²) >= 11 is 3.35. The first-order chi connectivity index (χ1) is 12.0. The third-order valence-electron chi connectivity index (χ3n) is 4.20. The molecular weight excluding hydrogens is 352 g/mol. The van der Waals surface area contributed by atoms with Crippen LogP contribution in [0.2, 0.25) is 0 Å². The van der Waals surface area contributed by atoms with E-state index < -0.39 is 0 Å². The summed E-state index contributed by atoms with van der Waals surface area (Å²) < 4.78 is 5.05. The Morgan fingerprint density at radius 1 is 1.32 bits per heavy atom. The van der Waals surface area contributed by atoms with E-state index in [0.717, 1.165) is 33.9 Å². The van der Waals surface area contributed by atoms with Gasteiger partial charge in [-0.3, -0.25) is 9.48 Å². The lowest BCUT2D eigenvalue weighted by Gasteiger charge is -2.05. The van der Waals surface area contributed by atoms with Crippen LogP contribution in [-0.2, 0) is 13.1 Å². The quantitative estimate of drug-likeness (QED) is 0.685. The summed E-state index contributed by atoms with van der Waals surface area (Å²) in [5.74, 6) is 0.690. The lowest BCUT2D eigenvalue weighted by Crippen LogP contribution is -2.18. The van der Waals surface area contributed by atoms with Crippen LogP contribution < -0.4 is 4.80 Å². The van der Waals surface area contributed by atoms with Crippen molar-refractivity contribution in [2.75, 3.05) is 12.0 Å². The third-order valence-corrected chi connectivity index (χ3v) is 5.83. The van der Waals surface area contributed by atoms with Crippen LogP contribution in [0.1, 0.15) is 28.5 Å². The Labute approximate surface area is 155 Å². The predicted octanol–water partition coefficient (Wildman–Crippen LogP) is 3.64. The second kappa shape index (κ2) is 7.58. The molecule has 25 heavy (non-hydrogen) atoms. The highest BCUT2D eigenvalue weighted by Gasteiger charge is 2.12. The lowest BCUT2D eigenvalue weighted by atomic mass is 10.1. The maximum absolute atomic E-state index is 12.5. The molecule has 0 bridgehead atoms. The van der Waals surface area contributed by atoms with Gasteiger partial charge in [-0.25, -0.2) is 0 Å². The Morgan fingerprint density at radius 3 is 2.76 bits per heavy atom. The fraction of sp³-hybridized carbons (Fsp3) is 0.389. The molecule has 0 aliphatic rings. The van der Waals surface area contributed by atoms with Crippen molar-refractivity contribution in [3.8, 4) is 0 Å². The molecule has 2 heterocycles. The van der Waals surface area contributed by atoms with Crippen molar-refractivity contribution in [3.05, 3.63) is 46.0 Å². The zero-order valence-electron chi connectivity index (χ0n) is 14.9. The van der Waals surface area contributed by atoms with Crippen molar-refractivity contribution in [2.45, 2.75) is 33.9 Å². The molecule has 0 saturated carbocycles. The molecule has 1 amide bonds. The van der Waals surface area contributed by atoms with Gasteiger partial charge in [0.05, 0.1) is 10.2 Å². The monoisotopic (exact) mass is 374 g/mol. The number of aromatic nitrogens is 3. The number of thiazole rings is 1. The number of rotatable bonds is 5. The minimum absolute atomic E-state index is 0.287. The largest absolute Gasteiger partial charge is 0.315 e. The average Bonchev–Trinajstić information content (AvgIpc) is 3.19. The molecule has 0 radical (unpaired) electrons. The zero-order chi connectivity index (χ0) is 18.0. The van der Waals surface area contributed by atoms with E-state index >= 15 is 0 Å². The zero-order valence-corrected chi connectivity index (χ0v) is 16.6. The number of nitrogens with zero attached hydrogens (tertiary/aromatic N) is 4. The van der Waals surface area contributed by atoms with E-state index in [1.807, 2.05) is 13.1 Å². The maximum atomic E-state index is 12.5. The van der Waals surface area contributed by atoms with Gasteiger partial charge in [0.25, 0.3) is 5.91 Å². The summed E-state index contributed by atoms with van der Waals surface area (Å²) in [7, 11) is 0. The van der Waals surface area contributed by atoms with Crippen LogP contribution in [0.4, 0.5) is 0 Å². The number of aryl methyl sites for hydroxylation is 4. The lowest BCUT2D eigenvalue weighted by molar-refractivity contribution is 0.0992. The van der Waals surface area contributed by atoms with Gasteiger partial charge in [-0.05, 0) is 56.4 Å². The van der Waals surface area contributed by atoms with Crippen LogP contribution in [0.25, 0.3) is 10.2 Å². The molecular formula is C18H22N4OS2. The summed E-state index contributed by atoms with van der Waals surface area (Å²) in [6.45, 7) is 7.79. The van der Waals surface area contributed by atoms with Gasteiger partial charge in [-0.1, -0.05) is 11.3 Å². The van der Waals surface area contributed by atoms with Crippen LogP contribution >= 0.6 is 23.1 Å². The van der Waals surface area contributed by atoms with E-state index in [9.17, 15) is 4.79 Å². The number of hydrogen-bond donors (Lipinski definition) is 0. The van der Waals surface area contributed by atoms with E-state index in [1.54, 1.807) is 33.8 Å². The van der Waals surface area contributed by atoms with E-state index in [2.05, 4.69) is 46.9 Å². The fourth-order valence-electron chi connectivity index (χ4n) is 2.60. The minimum atomic E-state index is -0.287. The SMILES string of the molecule is CCn1ccc(C(=O)N=c2sc3cc(C)c(C)cc3n2CCSC)n1. The van der Waals surface area contributed by atoms with Crippen molar-refractivity contribution < 1.29 is 4.79 Å². The molecule has 7 heteroatoms. The van der Waals surface area contributed by atoms with Gasteiger partial charge in [0, 0.05) is 25.0 Å². The minimum Gasteiger partial charge on any atom is -0.315 e. The molecule has 1 aromatic carbocycles. The smallest absolute Gasteiger partial charge is 0.300 e. The number of fused-ring (bicyclic) bond motifs is 1. The molecule has 0 unspecified atom stereocenters. The van der Waals surface area contributed by atoms with E-state index in [-0.39, 0.29) is 5.91 Å². The van der Waals surface area contributed by atoms with Crippen LogP contribution in [0.5, 0.6) is 0 Å².